The number of aromatic nitrogens is 2. The Morgan fingerprint density at radius 2 is 1.97 bits per heavy atom. The smallest absolute Gasteiger partial charge is 0.322 e. The van der Waals surface area contributed by atoms with Crippen molar-refractivity contribution in [2.75, 3.05) is 31.1 Å². The monoisotopic (exact) mass is 440 g/mol. The maximum atomic E-state index is 14.3. The van der Waals surface area contributed by atoms with Crippen LogP contribution in [0.2, 0.25) is 0 Å². The molecule has 3 N–H and O–H groups in total. The molecule has 1 unspecified atom stereocenters. The van der Waals surface area contributed by atoms with Gasteiger partial charge in [0.2, 0.25) is 5.91 Å². The van der Waals surface area contributed by atoms with E-state index in [1.54, 1.807) is 29.4 Å². The average molecular weight is 440 g/mol. The second-order valence-corrected chi connectivity index (χ2v) is 8.67. The molecule has 1 saturated carbocycles. The predicted molar refractivity (Wildman–Crippen MR) is 114 cm³/mol. The summed E-state index contributed by atoms with van der Waals surface area (Å²) in [6.45, 7) is 2.36. The van der Waals surface area contributed by atoms with Gasteiger partial charge in [-0.25, -0.2) is 9.18 Å². The molecule has 3 fully saturated rings. The zero-order chi connectivity index (χ0) is 22.3. The number of nitrogens with one attached hydrogen (secondary N) is 3. The Labute approximate surface area is 184 Å². The number of rotatable bonds is 6. The number of carbonyl (C=O) groups excluding carboxylic acids is 3. The Kier molecular flexibility index (Phi) is 5.07. The number of piperazine rings is 1. The summed E-state index contributed by atoms with van der Waals surface area (Å²) in [5, 5.41) is 11.7. The van der Waals surface area contributed by atoms with Crippen LogP contribution in [0.5, 0.6) is 0 Å². The molecule has 0 spiro atoms. The van der Waals surface area contributed by atoms with Crippen LogP contribution in [0.25, 0.3) is 11.1 Å². The summed E-state index contributed by atoms with van der Waals surface area (Å²) >= 11 is 0. The minimum Gasteiger partial charge on any atom is -0.368 e. The van der Waals surface area contributed by atoms with Crippen LogP contribution in [-0.2, 0) is 9.59 Å². The lowest BCUT2D eigenvalue weighted by Crippen LogP contribution is -2.51. The first kappa shape index (κ1) is 20.5. The summed E-state index contributed by atoms with van der Waals surface area (Å²) in [6.07, 6.45) is 5.55. The van der Waals surface area contributed by atoms with Crippen LogP contribution in [0.3, 0.4) is 0 Å². The molecule has 2 saturated heterocycles. The van der Waals surface area contributed by atoms with Gasteiger partial charge < -0.3 is 15.1 Å². The van der Waals surface area contributed by atoms with E-state index in [-0.39, 0.29) is 30.0 Å². The van der Waals surface area contributed by atoms with E-state index in [0.717, 1.165) is 18.5 Å². The minimum atomic E-state index is -0.938. The summed E-state index contributed by atoms with van der Waals surface area (Å²) in [5.74, 6) is -0.526. The van der Waals surface area contributed by atoms with Gasteiger partial charge in [-0.1, -0.05) is 0 Å². The van der Waals surface area contributed by atoms with Crippen LogP contribution >= 0.6 is 0 Å². The quantitative estimate of drug-likeness (QED) is 0.592. The number of hydrogen-bond acceptors (Lipinski definition) is 5. The molecule has 5 rings (SSSR count). The van der Waals surface area contributed by atoms with Crippen molar-refractivity contribution in [3.63, 3.8) is 0 Å². The van der Waals surface area contributed by atoms with Crippen LogP contribution in [0.1, 0.15) is 25.7 Å². The highest BCUT2D eigenvalue weighted by molar-refractivity contribution is 6.07. The van der Waals surface area contributed by atoms with E-state index in [1.807, 2.05) is 0 Å². The second-order valence-electron chi connectivity index (χ2n) is 8.67. The number of anilines is 1. The number of aromatic amines is 1. The Hall–Kier alpha value is -3.43. The lowest BCUT2D eigenvalue weighted by atomic mass is 9.87. The highest BCUT2D eigenvalue weighted by atomic mass is 19.1. The zero-order valence-corrected chi connectivity index (χ0v) is 17.6. The van der Waals surface area contributed by atoms with Crippen molar-refractivity contribution >= 4 is 23.5 Å². The third kappa shape index (κ3) is 3.69. The molecule has 32 heavy (non-hydrogen) atoms. The summed E-state index contributed by atoms with van der Waals surface area (Å²) in [5.41, 5.74) is 1.13. The first-order valence-electron chi connectivity index (χ1n) is 10.9. The number of H-pyrrole nitrogens is 1. The summed E-state index contributed by atoms with van der Waals surface area (Å²) in [6, 6.07) is 4.53. The third-order valence-corrected chi connectivity index (χ3v) is 6.73. The number of hydrogen-bond donors (Lipinski definition) is 3. The molecular formula is C22H25FN6O3. The van der Waals surface area contributed by atoms with Crippen LogP contribution in [0.15, 0.2) is 30.6 Å². The van der Waals surface area contributed by atoms with E-state index in [0.29, 0.717) is 43.7 Å². The van der Waals surface area contributed by atoms with E-state index in [9.17, 15) is 18.8 Å². The summed E-state index contributed by atoms with van der Waals surface area (Å²) in [7, 11) is 0. The van der Waals surface area contributed by atoms with E-state index in [2.05, 4.69) is 25.7 Å². The Morgan fingerprint density at radius 1 is 1.19 bits per heavy atom. The molecule has 0 radical (unpaired) electrons. The van der Waals surface area contributed by atoms with E-state index in [4.69, 9.17) is 0 Å². The predicted octanol–water partition coefficient (Wildman–Crippen LogP) is 1.63. The number of nitrogens with zero attached hydrogens (tertiary/aromatic N) is 3. The largest absolute Gasteiger partial charge is 0.368 e. The lowest BCUT2D eigenvalue weighted by Gasteiger charge is -2.37. The second kappa shape index (κ2) is 7.92. The van der Waals surface area contributed by atoms with Crippen molar-refractivity contribution in [3.05, 3.63) is 36.4 Å². The first-order valence-corrected chi connectivity index (χ1v) is 10.9. The first-order chi connectivity index (χ1) is 15.5. The highest BCUT2D eigenvalue weighted by Gasteiger charge is 2.55. The van der Waals surface area contributed by atoms with Gasteiger partial charge in [0, 0.05) is 55.6 Å². The average Bonchev–Trinajstić information content (AvgIpc) is 3.42. The molecule has 0 bridgehead atoms. The van der Waals surface area contributed by atoms with Gasteiger partial charge in [0.15, 0.2) is 0 Å². The van der Waals surface area contributed by atoms with Gasteiger partial charge in [-0.15, -0.1) is 0 Å². The Bertz CT molecular complexity index is 1050. The molecule has 1 aliphatic carbocycles. The van der Waals surface area contributed by atoms with Crippen molar-refractivity contribution in [1.82, 2.24) is 25.7 Å². The highest BCUT2D eigenvalue weighted by Crippen LogP contribution is 2.43. The molecule has 9 nitrogen and oxygen atoms in total. The number of benzene rings is 1. The maximum absolute atomic E-state index is 14.3. The molecule has 1 aromatic heterocycles. The van der Waals surface area contributed by atoms with Gasteiger partial charge in [-0.3, -0.25) is 20.0 Å². The van der Waals surface area contributed by atoms with Crippen molar-refractivity contribution in [3.8, 4) is 11.1 Å². The molecule has 3 aliphatic rings. The van der Waals surface area contributed by atoms with Crippen LogP contribution in [0.4, 0.5) is 14.9 Å². The molecule has 4 amide bonds. The zero-order valence-electron chi connectivity index (χ0n) is 17.6. The van der Waals surface area contributed by atoms with Gasteiger partial charge in [-0.2, -0.15) is 5.10 Å². The SMILES string of the molecule is O=C1NC(=O)C(CCC(=O)N2CCN(c3ccc(F)c(-c4cn[nH]c4)c3)CC2)(C2CC2)N1. The number of carbonyl (C=O) groups is 3. The summed E-state index contributed by atoms with van der Waals surface area (Å²) in [4.78, 5) is 40.8. The molecule has 168 valence electrons. The van der Waals surface area contributed by atoms with Crippen molar-refractivity contribution < 1.29 is 18.8 Å². The van der Waals surface area contributed by atoms with Gasteiger partial charge >= 0.3 is 6.03 Å². The Balaban J connectivity index is 1.19. The normalized spacial score (nSPS) is 23.3. The van der Waals surface area contributed by atoms with Crippen LogP contribution < -0.4 is 15.5 Å². The maximum Gasteiger partial charge on any atom is 0.322 e. The molecular weight excluding hydrogens is 415 g/mol. The number of imide groups is 1. The Morgan fingerprint density at radius 3 is 2.59 bits per heavy atom. The minimum absolute atomic E-state index is 0.0168. The number of urea groups is 1. The fourth-order valence-corrected chi connectivity index (χ4v) is 4.75. The van der Waals surface area contributed by atoms with Crippen LogP contribution in [0, 0.1) is 11.7 Å². The van der Waals surface area contributed by atoms with E-state index >= 15 is 0 Å². The van der Waals surface area contributed by atoms with Gasteiger partial charge in [0.25, 0.3) is 5.91 Å². The molecule has 1 atom stereocenters. The standard InChI is InChI=1S/C22H25FN6O3/c23-18-4-3-16(11-17(18)14-12-24-25-13-14)28-7-9-29(10-8-28)19(30)5-6-22(15-1-2-15)20(31)26-21(32)27-22/h3-4,11-13,15H,1-2,5-10H2,(H,24,25)(H2,26,27,31,32). The van der Waals surface area contributed by atoms with Crippen molar-refractivity contribution in [2.45, 2.75) is 31.2 Å². The molecule has 1 aromatic carbocycles. The number of halogens is 1. The van der Waals surface area contributed by atoms with Gasteiger partial charge in [0.05, 0.1) is 6.20 Å². The summed E-state index contributed by atoms with van der Waals surface area (Å²) < 4.78 is 14.3. The topological polar surface area (TPSA) is 110 Å². The molecule has 2 aliphatic heterocycles. The van der Waals surface area contributed by atoms with Crippen molar-refractivity contribution in [2.24, 2.45) is 5.92 Å². The van der Waals surface area contributed by atoms with Crippen LogP contribution in [-0.4, -0.2) is 64.7 Å². The lowest BCUT2D eigenvalue weighted by molar-refractivity contribution is -0.132. The molecule has 2 aromatic rings. The van der Waals surface area contributed by atoms with E-state index in [1.165, 1.54) is 6.07 Å². The van der Waals surface area contributed by atoms with Gasteiger partial charge in [0.1, 0.15) is 11.4 Å². The third-order valence-electron chi connectivity index (χ3n) is 6.73. The molecule has 10 heteroatoms. The van der Waals surface area contributed by atoms with Gasteiger partial charge in [-0.05, 0) is 43.4 Å². The number of amides is 4. The fraction of sp³-hybridized carbons (Fsp3) is 0.455. The molecule has 3 heterocycles. The fourth-order valence-electron chi connectivity index (χ4n) is 4.75. The van der Waals surface area contributed by atoms with E-state index < -0.39 is 11.6 Å². The van der Waals surface area contributed by atoms with Crippen molar-refractivity contribution in [1.29, 1.82) is 0 Å².